The van der Waals surface area contributed by atoms with Crippen LogP contribution in [-0.4, -0.2) is 0 Å². The first-order valence-electron chi connectivity index (χ1n) is 6.10. The number of halogens is 5. The zero-order chi connectivity index (χ0) is 15.3. The van der Waals surface area contributed by atoms with Crippen molar-refractivity contribution in [2.24, 2.45) is 0 Å². The molecule has 2 aromatic rings. The number of benzene rings is 2. The van der Waals surface area contributed by atoms with Crippen molar-refractivity contribution in [2.75, 3.05) is 0 Å². The average molecular weight is 295 g/mol. The van der Waals surface area contributed by atoms with Crippen molar-refractivity contribution >= 4 is 11.6 Å². The zero-order valence-corrected chi connectivity index (χ0v) is 10.8. The standard InChI is InChI=1S/C16H8F5/c1-7-9-5-3-2-4-8(9)6-10(7)11-12(17)14(19)16(21)15(20)13(11)18/h2-6H,1H3. The molecule has 1 aliphatic carbocycles. The largest absolute Gasteiger partial charge is 0.203 e. The molecule has 107 valence electrons. The molecule has 0 saturated carbocycles. The second-order valence-corrected chi connectivity index (χ2v) is 4.72. The molecule has 0 saturated heterocycles. The van der Waals surface area contributed by atoms with Crippen LogP contribution in [0.5, 0.6) is 0 Å². The molecule has 5 heteroatoms. The molecule has 1 radical (unpaired) electrons. The molecular weight excluding hydrogens is 287 g/mol. The predicted octanol–water partition coefficient (Wildman–Crippen LogP) is 4.88. The third-order valence-electron chi connectivity index (χ3n) is 3.55. The van der Waals surface area contributed by atoms with E-state index in [-0.39, 0.29) is 5.57 Å². The molecule has 0 fully saturated rings. The van der Waals surface area contributed by atoms with Gasteiger partial charge in [0.25, 0.3) is 0 Å². The van der Waals surface area contributed by atoms with Crippen LogP contribution in [0.25, 0.3) is 11.6 Å². The first-order valence-corrected chi connectivity index (χ1v) is 6.10. The fourth-order valence-corrected chi connectivity index (χ4v) is 2.47. The number of fused-ring (bicyclic) bond motifs is 1. The molecule has 0 spiro atoms. The Kier molecular flexibility index (Phi) is 3.08. The summed E-state index contributed by atoms with van der Waals surface area (Å²) in [6, 6.07) is 6.89. The summed E-state index contributed by atoms with van der Waals surface area (Å²) in [5.41, 5.74) is 0.495. The SMILES string of the molecule is C[C]1C(c2c(F)c(F)c(F)c(F)c2F)=Cc2ccccc21. The second-order valence-electron chi connectivity index (χ2n) is 4.72. The van der Waals surface area contributed by atoms with Gasteiger partial charge in [-0.3, -0.25) is 0 Å². The maximum Gasteiger partial charge on any atom is 0.200 e. The van der Waals surface area contributed by atoms with Gasteiger partial charge < -0.3 is 0 Å². The van der Waals surface area contributed by atoms with Crippen molar-refractivity contribution in [1.82, 2.24) is 0 Å². The normalized spacial score (nSPS) is 14.3. The molecule has 1 aliphatic rings. The summed E-state index contributed by atoms with van der Waals surface area (Å²) >= 11 is 0. The van der Waals surface area contributed by atoms with E-state index >= 15 is 0 Å². The van der Waals surface area contributed by atoms with E-state index < -0.39 is 34.6 Å². The highest BCUT2D eigenvalue weighted by Gasteiger charge is 2.32. The summed E-state index contributed by atoms with van der Waals surface area (Å²) < 4.78 is 67.5. The van der Waals surface area contributed by atoms with Crippen LogP contribution in [0.4, 0.5) is 22.0 Å². The monoisotopic (exact) mass is 295 g/mol. The fraction of sp³-hybridized carbons (Fsp3) is 0.0625. The average Bonchev–Trinajstić information content (AvgIpc) is 2.81. The van der Waals surface area contributed by atoms with E-state index in [2.05, 4.69) is 0 Å². The molecule has 0 unspecified atom stereocenters. The van der Waals surface area contributed by atoms with Crippen molar-refractivity contribution in [2.45, 2.75) is 6.92 Å². The van der Waals surface area contributed by atoms with Gasteiger partial charge >= 0.3 is 0 Å². The minimum atomic E-state index is -2.15. The van der Waals surface area contributed by atoms with Crippen LogP contribution >= 0.6 is 0 Å². The van der Waals surface area contributed by atoms with Gasteiger partial charge in [-0.2, -0.15) is 0 Å². The van der Waals surface area contributed by atoms with Crippen LogP contribution in [0.1, 0.15) is 23.6 Å². The Morgan fingerprint density at radius 2 is 1.24 bits per heavy atom. The smallest absolute Gasteiger partial charge is 0.200 e. The quantitative estimate of drug-likeness (QED) is 0.399. The molecule has 0 bridgehead atoms. The van der Waals surface area contributed by atoms with Gasteiger partial charge in [0.1, 0.15) is 0 Å². The predicted molar refractivity (Wildman–Crippen MR) is 68.6 cm³/mol. The molecule has 3 rings (SSSR count). The lowest BCUT2D eigenvalue weighted by atomic mass is 9.92. The highest BCUT2D eigenvalue weighted by atomic mass is 19.2. The first-order chi connectivity index (χ1) is 9.93. The van der Waals surface area contributed by atoms with Crippen LogP contribution in [0.15, 0.2) is 24.3 Å². The lowest BCUT2D eigenvalue weighted by Crippen LogP contribution is -2.08. The second kappa shape index (κ2) is 4.69. The van der Waals surface area contributed by atoms with E-state index in [1.54, 1.807) is 31.2 Å². The minimum absolute atomic E-state index is 0.00370. The Morgan fingerprint density at radius 1 is 0.714 bits per heavy atom. The van der Waals surface area contributed by atoms with Gasteiger partial charge in [0.2, 0.25) is 5.82 Å². The van der Waals surface area contributed by atoms with Crippen molar-refractivity contribution in [3.8, 4) is 0 Å². The highest BCUT2D eigenvalue weighted by Crippen LogP contribution is 2.43. The summed E-state index contributed by atoms with van der Waals surface area (Å²) in [6.45, 7) is 1.58. The van der Waals surface area contributed by atoms with Crippen molar-refractivity contribution in [3.63, 3.8) is 0 Å². The topological polar surface area (TPSA) is 0 Å². The Morgan fingerprint density at radius 3 is 1.81 bits per heavy atom. The number of rotatable bonds is 1. The molecule has 0 heterocycles. The molecule has 0 amide bonds. The van der Waals surface area contributed by atoms with Gasteiger partial charge in [-0.1, -0.05) is 31.2 Å². The Labute approximate surface area is 117 Å². The van der Waals surface area contributed by atoms with E-state index in [4.69, 9.17) is 0 Å². The van der Waals surface area contributed by atoms with Crippen molar-refractivity contribution < 1.29 is 22.0 Å². The Hall–Kier alpha value is -2.17. The molecule has 0 aromatic heterocycles. The lowest BCUT2D eigenvalue weighted by molar-refractivity contribution is 0.376. The third kappa shape index (κ3) is 1.87. The maximum absolute atomic E-state index is 13.9. The fourth-order valence-electron chi connectivity index (χ4n) is 2.47. The van der Waals surface area contributed by atoms with Crippen LogP contribution in [0.3, 0.4) is 0 Å². The molecule has 2 aromatic carbocycles. The number of hydrogen-bond donors (Lipinski definition) is 0. The van der Waals surface area contributed by atoms with Gasteiger partial charge in [0.15, 0.2) is 23.3 Å². The molecule has 0 N–H and O–H groups in total. The highest BCUT2D eigenvalue weighted by molar-refractivity contribution is 5.98. The van der Waals surface area contributed by atoms with Gasteiger partial charge in [-0.25, -0.2) is 22.0 Å². The summed E-state index contributed by atoms with van der Waals surface area (Å²) in [5, 5.41) is 0. The van der Waals surface area contributed by atoms with Crippen LogP contribution < -0.4 is 0 Å². The third-order valence-corrected chi connectivity index (χ3v) is 3.55. The van der Waals surface area contributed by atoms with Crippen molar-refractivity contribution in [1.29, 1.82) is 0 Å². The summed E-state index contributed by atoms with van der Waals surface area (Å²) in [4.78, 5) is 0. The number of allylic oxidation sites excluding steroid dienone is 1. The molecule has 0 nitrogen and oxygen atoms in total. The van der Waals surface area contributed by atoms with Crippen LogP contribution in [-0.2, 0) is 0 Å². The Balaban J connectivity index is 2.25. The van der Waals surface area contributed by atoms with Gasteiger partial charge in [0.05, 0.1) is 5.56 Å². The summed E-state index contributed by atoms with van der Waals surface area (Å²) in [5.74, 6) is -9.19. The van der Waals surface area contributed by atoms with Crippen LogP contribution in [0.2, 0.25) is 0 Å². The zero-order valence-electron chi connectivity index (χ0n) is 10.8. The van der Waals surface area contributed by atoms with Crippen molar-refractivity contribution in [3.05, 3.63) is 76.0 Å². The Bertz CT molecular complexity index is 747. The molecular formula is C16H8F5. The maximum atomic E-state index is 13.9. The first kappa shape index (κ1) is 13.8. The van der Waals surface area contributed by atoms with E-state index in [1.165, 1.54) is 6.08 Å². The number of hydrogen-bond acceptors (Lipinski definition) is 0. The molecule has 0 aliphatic heterocycles. The molecule has 21 heavy (non-hydrogen) atoms. The van der Waals surface area contributed by atoms with Gasteiger partial charge in [0, 0.05) is 5.92 Å². The van der Waals surface area contributed by atoms with E-state index in [1.807, 2.05) is 0 Å². The van der Waals surface area contributed by atoms with Crippen LogP contribution in [0, 0.1) is 35.0 Å². The van der Waals surface area contributed by atoms with E-state index in [9.17, 15) is 22.0 Å². The molecule has 0 atom stereocenters. The minimum Gasteiger partial charge on any atom is -0.203 e. The van der Waals surface area contributed by atoms with E-state index in [0.29, 0.717) is 17.0 Å². The summed E-state index contributed by atoms with van der Waals surface area (Å²) in [6.07, 6.45) is 1.42. The lowest BCUT2D eigenvalue weighted by Gasteiger charge is -2.13. The van der Waals surface area contributed by atoms with Gasteiger partial charge in [-0.05, 0) is 22.8 Å². The van der Waals surface area contributed by atoms with E-state index in [0.717, 1.165) is 0 Å². The summed E-state index contributed by atoms with van der Waals surface area (Å²) in [7, 11) is 0. The van der Waals surface area contributed by atoms with Gasteiger partial charge in [-0.15, -0.1) is 0 Å².